The minimum atomic E-state index is 0. The SMILES string of the molecule is CCNC(=NCc1c(CC)noc1CC)NCC1CCCN(CC(C)C)C1.I. The lowest BCUT2D eigenvalue weighted by Crippen LogP contribution is -2.45. The van der Waals surface area contributed by atoms with Crippen LogP contribution in [0.15, 0.2) is 9.52 Å². The Kier molecular flexibility index (Phi) is 12.1. The second kappa shape index (κ2) is 13.4. The molecule has 0 aliphatic carbocycles. The predicted octanol–water partition coefficient (Wildman–Crippen LogP) is 3.84. The Morgan fingerprint density at radius 2 is 2.04 bits per heavy atom. The summed E-state index contributed by atoms with van der Waals surface area (Å²) in [5, 5.41) is 11.1. The Balaban J connectivity index is 0.00000392. The second-order valence-corrected chi connectivity index (χ2v) is 7.98. The molecule has 1 saturated heterocycles. The van der Waals surface area contributed by atoms with Gasteiger partial charge in [0.25, 0.3) is 0 Å². The molecule has 1 fully saturated rings. The van der Waals surface area contributed by atoms with Crippen LogP contribution in [0.1, 0.15) is 64.5 Å². The molecule has 0 spiro atoms. The van der Waals surface area contributed by atoms with Crippen LogP contribution in [0.3, 0.4) is 0 Å². The first-order chi connectivity index (χ1) is 13.1. The van der Waals surface area contributed by atoms with Crippen molar-refractivity contribution in [1.82, 2.24) is 20.7 Å². The Bertz CT molecular complexity index is 566. The van der Waals surface area contributed by atoms with Crippen molar-refractivity contribution in [1.29, 1.82) is 0 Å². The molecular formula is C21H40IN5O. The summed E-state index contributed by atoms with van der Waals surface area (Å²) in [4.78, 5) is 7.42. The number of piperidine rings is 1. The molecule has 2 rings (SSSR count). The number of nitrogens with zero attached hydrogens (tertiary/aromatic N) is 3. The van der Waals surface area contributed by atoms with Crippen molar-refractivity contribution in [3.8, 4) is 0 Å². The van der Waals surface area contributed by atoms with Gasteiger partial charge < -0.3 is 20.1 Å². The summed E-state index contributed by atoms with van der Waals surface area (Å²) in [6, 6.07) is 0. The van der Waals surface area contributed by atoms with Gasteiger partial charge in [0.05, 0.1) is 12.2 Å². The Morgan fingerprint density at radius 1 is 1.25 bits per heavy atom. The van der Waals surface area contributed by atoms with Crippen LogP contribution in [0.2, 0.25) is 0 Å². The highest BCUT2D eigenvalue weighted by Gasteiger charge is 2.20. The number of aromatic nitrogens is 1. The van der Waals surface area contributed by atoms with Crippen molar-refractivity contribution < 1.29 is 4.52 Å². The molecule has 6 nitrogen and oxygen atoms in total. The Hall–Kier alpha value is -0.830. The molecular weight excluding hydrogens is 465 g/mol. The summed E-state index contributed by atoms with van der Waals surface area (Å²) in [6.45, 7) is 17.0. The molecule has 0 aromatic carbocycles. The molecule has 0 saturated carbocycles. The van der Waals surface area contributed by atoms with Crippen LogP contribution in [-0.4, -0.2) is 48.7 Å². The number of nitrogens with one attached hydrogen (secondary N) is 2. The smallest absolute Gasteiger partial charge is 0.191 e. The Morgan fingerprint density at radius 3 is 2.68 bits per heavy atom. The number of guanidine groups is 1. The van der Waals surface area contributed by atoms with Gasteiger partial charge in [-0.2, -0.15) is 0 Å². The summed E-state index contributed by atoms with van der Waals surface area (Å²) in [7, 11) is 0. The van der Waals surface area contributed by atoms with Gasteiger partial charge in [0.2, 0.25) is 0 Å². The van der Waals surface area contributed by atoms with Gasteiger partial charge in [0, 0.05) is 38.2 Å². The monoisotopic (exact) mass is 505 g/mol. The first kappa shape index (κ1) is 25.2. The van der Waals surface area contributed by atoms with Crippen LogP contribution in [0.5, 0.6) is 0 Å². The molecule has 7 heteroatoms. The van der Waals surface area contributed by atoms with Crippen LogP contribution in [0.4, 0.5) is 0 Å². The van der Waals surface area contributed by atoms with Crippen molar-refractivity contribution in [3.63, 3.8) is 0 Å². The number of likely N-dealkylation sites (tertiary alicyclic amines) is 1. The van der Waals surface area contributed by atoms with Crippen molar-refractivity contribution in [2.24, 2.45) is 16.8 Å². The van der Waals surface area contributed by atoms with Gasteiger partial charge in [0.15, 0.2) is 5.96 Å². The minimum Gasteiger partial charge on any atom is -0.361 e. The highest BCUT2D eigenvalue weighted by atomic mass is 127. The molecule has 1 aliphatic rings. The lowest BCUT2D eigenvalue weighted by Gasteiger charge is -2.34. The minimum absolute atomic E-state index is 0. The molecule has 1 unspecified atom stereocenters. The summed E-state index contributed by atoms with van der Waals surface area (Å²) >= 11 is 0. The zero-order valence-electron chi connectivity index (χ0n) is 18.4. The fraction of sp³-hybridized carbons (Fsp3) is 0.810. The molecule has 28 heavy (non-hydrogen) atoms. The van der Waals surface area contributed by atoms with Gasteiger partial charge in [0.1, 0.15) is 5.76 Å². The topological polar surface area (TPSA) is 65.7 Å². The molecule has 0 amide bonds. The van der Waals surface area contributed by atoms with Gasteiger partial charge in [-0.25, -0.2) is 4.99 Å². The van der Waals surface area contributed by atoms with Crippen LogP contribution in [-0.2, 0) is 19.4 Å². The van der Waals surface area contributed by atoms with Gasteiger partial charge in [-0.1, -0.05) is 32.9 Å². The zero-order valence-corrected chi connectivity index (χ0v) is 20.7. The molecule has 0 radical (unpaired) electrons. The van der Waals surface area contributed by atoms with E-state index >= 15 is 0 Å². The summed E-state index contributed by atoms with van der Waals surface area (Å²) in [5.41, 5.74) is 2.18. The van der Waals surface area contributed by atoms with E-state index in [1.165, 1.54) is 32.5 Å². The summed E-state index contributed by atoms with van der Waals surface area (Å²) in [6.07, 6.45) is 4.33. The van der Waals surface area contributed by atoms with Gasteiger partial charge >= 0.3 is 0 Å². The van der Waals surface area contributed by atoms with Crippen molar-refractivity contribution in [2.75, 3.05) is 32.7 Å². The van der Waals surface area contributed by atoms with E-state index in [9.17, 15) is 0 Å². The number of halogens is 1. The third-order valence-electron chi connectivity index (χ3n) is 5.13. The third-order valence-corrected chi connectivity index (χ3v) is 5.13. The van der Waals surface area contributed by atoms with E-state index in [0.29, 0.717) is 12.5 Å². The van der Waals surface area contributed by atoms with E-state index in [-0.39, 0.29) is 24.0 Å². The number of rotatable bonds is 9. The molecule has 162 valence electrons. The average Bonchev–Trinajstić information content (AvgIpc) is 3.05. The van der Waals surface area contributed by atoms with E-state index < -0.39 is 0 Å². The lowest BCUT2D eigenvalue weighted by molar-refractivity contribution is 0.159. The van der Waals surface area contributed by atoms with Crippen molar-refractivity contribution in [3.05, 3.63) is 17.0 Å². The highest BCUT2D eigenvalue weighted by Crippen LogP contribution is 2.18. The van der Waals surface area contributed by atoms with Gasteiger partial charge in [-0.05, 0) is 44.6 Å². The molecule has 2 N–H and O–H groups in total. The Labute approximate surface area is 188 Å². The van der Waals surface area contributed by atoms with E-state index in [2.05, 4.69) is 55.3 Å². The van der Waals surface area contributed by atoms with Crippen molar-refractivity contribution in [2.45, 2.75) is 66.8 Å². The van der Waals surface area contributed by atoms with Crippen LogP contribution in [0.25, 0.3) is 0 Å². The highest BCUT2D eigenvalue weighted by molar-refractivity contribution is 14.0. The number of aryl methyl sites for hydroxylation is 2. The number of hydrogen-bond acceptors (Lipinski definition) is 4. The average molecular weight is 505 g/mol. The largest absolute Gasteiger partial charge is 0.361 e. The fourth-order valence-electron chi connectivity index (χ4n) is 3.86. The lowest BCUT2D eigenvalue weighted by atomic mass is 9.97. The zero-order chi connectivity index (χ0) is 19.6. The van der Waals surface area contributed by atoms with E-state index in [1.54, 1.807) is 0 Å². The van der Waals surface area contributed by atoms with Crippen LogP contribution < -0.4 is 10.6 Å². The number of hydrogen-bond donors (Lipinski definition) is 2. The van der Waals surface area contributed by atoms with Crippen LogP contribution >= 0.6 is 24.0 Å². The first-order valence-corrected chi connectivity index (χ1v) is 10.8. The molecule has 2 heterocycles. The molecule has 1 aliphatic heterocycles. The molecule has 1 aromatic heterocycles. The predicted molar refractivity (Wildman–Crippen MR) is 127 cm³/mol. The number of aliphatic imine (C=N–C) groups is 1. The molecule has 1 aromatic rings. The molecule has 1 atom stereocenters. The van der Waals surface area contributed by atoms with E-state index in [0.717, 1.165) is 54.8 Å². The quantitative estimate of drug-likeness (QED) is 0.303. The van der Waals surface area contributed by atoms with Crippen molar-refractivity contribution >= 4 is 29.9 Å². The molecule has 0 bridgehead atoms. The summed E-state index contributed by atoms with van der Waals surface area (Å²) < 4.78 is 5.46. The maximum atomic E-state index is 5.46. The third kappa shape index (κ3) is 7.89. The normalized spacial score (nSPS) is 18.2. The maximum Gasteiger partial charge on any atom is 0.191 e. The van der Waals surface area contributed by atoms with Gasteiger partial charge in [-0.3, -0.25) is 0 Å². The van der Waals surface area contributed by atoms with Gasteiger partial charge in [-0.15, -0.1) is 24.0 Å². The maximum absolute atomic E-state index is 5.46. The van der Waals surface area contributed by atoms with Crippen LogP contribution in [0, 0.1) is 11.8 Å². The van der Waals surface area contributed by atoms with E-state index in [1.807, 2.05) is 0 Å². The standard InChI is InChI=1S/C21H39N5O.HI/c1-6-19-18(20(7-2)27-25-19)13-24-21(22-8-3)23-12-17-10-9-11-26(15-17)14-16(4)5;/h16-17H,6-15H2,1-5H3,(H2,22,23,24);1H. The summed E-state index contributed by atoms with van der Waals surface area (Å²) in [5.74, 6) is 3.28. The second-order valence-electron chi connectivity index (χ2n) is 7.98. The first-order valence-electron chi connectivity index (χ1n) is 10.8. The van der Waals surface area contributed by atoms with E-state index in [4.69, 9.17) is 9.52 Å². The fourth-order valence-corrected chi connectivity index (χ4v) is 3.86.